The number of anilines is 2. The molecule has 0 radical (unpaired) electrons. The molecule has 1 N–H and O–H groups in total. The first-order chi connectivity index (χ1) is 14.1. The van der Waals surface area contributed by atoms with Gasteiger partial charge < -0.3 is 15.0 Å². The molecule has 29 heavy (non-hydrogen) atoms. The molecule has 0 heterocycles. The minimum atomic E-state index is -0.149. The average molecular weight is 388 g/mol. The molecule has 5 heteroatoms. The molecule has 2 amide bonds. The fourth-order valence-electron chi connectivity index (χ4n) is 2.85. The van der Waals surface area contributed by atoms with Crippen molar-refractivity contribution >= 4 is 23.2 Å². The molecule has 0 aliphatic rings. The van der Waals surface area contributed by atoms with Gasteiger partial charge in [-0.2, -0.15) is 0 Å². The Balaban J connectivity index is 1.50. The summed E-state index contributed by atoms with van der Waals surface area (Å²) in [6, 6.07) is 26.2. The Hall–Kier alpha value is -3.60. The molecular weight excluding hydrogens is 364 g/mol. The molecule has 3 aromatic rings. The number of nitrogens with zero attached hydrogens (tertiary/aromatic N) is 1. The van der Waals surface area contributed by atoms with Gasteiger partial charge in [0, 0.05) is 25.6 Å². The van der Waals surface area contributed by atoms with Gasteiger partial charge in [-0.1, -0.05) is 48.5 Å². The van der Waals surface area contributed by atoms with E-state index in [2.05, 4.69) is 5.32 Å². The van der Waals surface area contributed by atoms with Crippen molar-refractivity contribution in [3.63, 3.8) is 0 Å². The van der Waals surface area contributed by atoms with Crippen molar-refractivity contribution in [2.45, 2.75) is 19.3 Å². The van der Waals surface area contributed by atoms with Crippen LogP contribution in [0.4, 0.5) is 11.4 Å². The number of carbonyl (C=O) groups excluding carboxylic acids is 2. The van der Waals surface area contributed by atoms with Crippen LogP contribution in [0.2, 0.25) is 0 Å². The van der Waals surface area contributed by atoms with E-state index in [0.29, 0.717) is 30.0 Å². The molecule has 148 valence electrons. The number of benzene rings is 3. The van der Waals surface area contributed by atoms with Crippen LogP contribution in [-0.2, 0) is 9.59 Å². The van der Waals surface area contributed by atoms with Gasteiger partial charge in [-0.05, 0) is 42.8 Å². The lowest BCUT2D eigenvalue weighted by Crippen LogP contribution is -2.26. The Morgan fingerprint density at radius 1 is 0.828 bits per heavy atom. The van der Waals surface area contributed by atoms with Gasteiger partial charge >= 0.3 is 0 Å². The van der Waals surface area contributed by atoms with Crippen molar-refractivity contribution in [3.05, 3.63) is 84.9 Å². The molecule has 3 aromatic carbocycles. The lowest BCUT2D eigenvalue weighted by molar-refractivity contribution is -0.118. The third-order valence-electron chi connectivity index (χ3n) is 4.44. The van der Waals surface area contributed by atoms with Gasteiger partial charge in [0.2, 0.25) is 11.8 Å². The van der Waals surface area contributed by atoms with Crippen molar-refractivity contribution in [1.29, 1.82) is 0 Å². The third-order valence-corrected chi connectivity index (χ3v) is 4.44. The minimum Gasteiger partial charge on any atom is -0.455 e. The van der Waals surface area contributed by atoms with Crippen molar-refractivity contribution in [3.8, 4) is 11.5 Å². The van der Waals surface area contributed by atoms with Crippen LogP contribution in [0.5, 0.6) is 11.5 Å². The molecule has 0 aromatic heterocycles. The summed E-state index contributed by atoms with van der Waals surface area (Å²) in [5.74, 6) is 1.11. The largest absolute Gasteiger partial charge is 0.455 e. The zero-order chi connectivity index (χ0) is 20.5. The molecule has 3 rings (SSSR count). The number of ether oxygens (including phenoxy) is 1. The Bertz CT molecular complexity index is 943. The summed E-state index contributed by atoms with van der Waals surface area (Å²) in [6.07, 6.45) is 1.04. The fourth-order valence-corrected chi connectivity index (χ4v) is 2.85. The molecule has 0 aliphatic heterocycles. The number of carbonyl (C=O) groups is 2. The van der Waals surface area contributed by atoms with Gasteiger partial charge in [0.15, 0.2) is 5.75 Å². The molecule has 0 unspecified atom stereocenters. The van der Waals surface area contributed by atoms with Crippen molar-refractivity contribution in [2.75, 3.05) is 17.3 Å². The van der Waals surface area contributed by atoms with Gasteiger partial charge in [-0.3, -0.25) is 9.59 Å². The third kappa shape index (κ3) is 5.94. The van der Waals surface area contributed by atoms with Gasteiger partial charge in [0.05, 0.1) is 5.69 Å². The smallest absolute Gasteiger partial charge is 0.226 e. The summed E-state index contributed by atoms with van der Waals surface area (Å²) in [6.45, 7) is 0. The number of para-hydroxylation sites is 4. The highest BCUT2D eigenvalue weighted by molar-refractivity contribution is 5.94. The Morgan fingerprint density at radius 3 is 2.17 bits per heavy atom. The van der Waals surface area contributed by atoms with E-state index in [1.54, 1.807) is 24.1 Å². The summed E-state index contributed by atoms with van der Waals surface area (Å²) in [5, 5.41) is 2.88. The van der Waals surface area contributed by atoms with Gasteiger partial charge in [-0.25, -0.2) is 0 Å². The van der Waals surface area contributed by atoms with E-state index in [9.17, 15) is 9.59 Å². The Morgan fingerprint density at radius 2 is 1.45 bits per heavy atom. The van der Waals surface area contributed by atoms with Crippen LogP contribution in [0.1, 0.15) is 19.3 Å². The van der Waals surface area contributed by atoms with Crippen LogP contribution < -0.4 is 15.0 Å². The summed E-state index contributed by atoms with van der Waals surface area (Å²) >= 11 is 0. The van der Waals surface area contributed by atoms with E-state index >= 15 is 0 Å². The maximum absolute atomic E-state index is 12.3. The molecule has 0 saturated carbocycles. The van der Waals surface area contributed by atoms with Gasteiger partial charge in [-0.15, -0.1) is 0 Å². The zero-order valence-corrected chi connectivity index (χ0v) is 16.4. The second-order valence-corrected chi connectivity index (χ2v) is 6.60. The standard InChI is InChI=1S/C24H24N2O3/c1-26(19-11-4-2-5-12-19)24(28)18-10-17-23(27)25-21-15-8-9-16-22(21)29-20-13-6-3-7-14-20/h2-9,11-16H,10,17-18H2,1H3,(H,25,27). The van der Waals surface area contributed by atoms with E-state index in [-0.39, 0.29) is 18.2 Å². The first kappa shape index (κ1) is 20.1. The fraction of sp³-hybridized carbons (Fsp3) is 0.167. The highest BCUT2D eigenvalue weighted by Crippen LogP contribution is 2.29. The molecule has 0 aliphatic carbocycles. The SMILES string of the molecule is CN(C(=O)CCCC(=O)Nc1ccccc1Oc1ccccc1)c1ccccc1. The second kappa shape index (κ2) is 10.1. The summed E-state index contributed by atoms with van der Waals surface area (Å²) in [7, 11) is 1.74. The number of hydrogen-bond acceptors (Lipinski definition) is 3. The monoisotopic (exact) mass is 388 g/mol. The van der Waals surface area contributed by atoms with Crippen molar-refractivity contribution < 1.29 is 14.3 Å². The molecule has 5 nitrogen and oxygen atoms in total. The van der Waals surface area contributed by atoms with E-state index in [4.69, 9.17) is 4.74 Å². The summed E-state index contributed by atoms with van der Waals surface area (Å²) < 4.78 is 5.86. The highest BCUT2D eigenvalue weighted by Gasteiger charge is 2.13. The number of nitrogens with one attached hydrogen (secondary N) is 1. The van der Waals surface area contributed by atoms with E-state index in [1.807, 2.05) is 72.8 Å². The van der Waals surface area contributed by atoms with Crippen LogP contribution in [0, 0.1) is 0 Å². The molecular formula is C24H24N2O3. The summed E-state index contributed by atoms with van der Waals surface area (Å²) in [4.78, 5) is 26.3. The minimum absolute atomic E-state index is 0.0168. The summed E-state index contributed by atoms with van der Waals surface area (Å²) in [5.41, 5.74) is 1.45. The van der Waals surface area contributed by atoms with E-state index in [0.717, 1.165) is 5.69 Å². The lowest BCUT2D eigenvalue weighted by atomic mass is 10.2. The quantitative estimate of drug-likeness (QED) is 0.573. The van der Waals surface area contributed by atoms with E-state index in [1.165, 1.54) is 0 Å². The van der Waals surface area contributed by atoms with Crippen LogP contribution in [0.25, 0.3) is 0 Å². The maximum atomic E-state index is 12.3. The first-order valence-electron chi connectivity index (χ1n) is 9.57. The topological polar surface area (TPSA) is 58.6 Å². The lowest BCUT2D eigenvalue weighted by Gasteiger charge is -2.17. The van der Waals surface area contributed by atoms with E-state index < -0.39 is 0 Å². The predicted octanol–water partition coefficient (Wildman–Crippen LogP) is 5.25. The molecule has 0 saturated heterocycles. The number of amides is 2. The van der Waals surface area contributed by atoms with Crippen molar-refractivity contribution in [1.82, 2.24) is 0 Å². The second-order valence-electron chi connectivity index (χ2n) is 6.60. The molecule has 0 fully saturated rings. The Kier molecular flexibility index (Phi) is 7.00. The van der Waals surface area contributed by atoms with Crippen LogP contribution in [0.15, 0.2) is 84.9 Å². The predicted molar refractivity (Wildman–Crippen MR) is 115 cm³/mol. The first-order valence-corrected chi connectivity index (χ1v) is 9.57. The zero-order valence-electron chi connectivity index (χ0n) is 16.4. The molecule has 0 spiro atoms. The van der Waals surface area contributed by atoms with Crippen LogP contribution >= 0.6 is 0 Å². The van der Waals surface area contributed by atoms with Crippen LogP contribution in [0.3, 0.4) is 0 Å². The van der Waals surface area contributed by atoms with Gasteiger partial charge in [0.25, 0.3) is 0 Å². The molecule has 0 bridgehead atoms. The molecule has 0 atom stereocenters. The normalized spacial score (nSPS) is 10.2. The Labute approximate surface area is 170 Å². The van der Waals surface area contributed by atoms with Crippen LogP contribution in [-0.4, -0.2) is 18.9 Å². The maximum Gasteiger partial charge on any atom is 0.226 e. The number of rotatable bonds is 8. The van der Waals surface area contributed by atoms with Crippen molar-refractivity contribution in [2.24, 2.45) is 0 Å². The van der Waals surface area contributed by atoms with Gasteiger partial charge in [0.1, 0.15) is 5.75 Å². The number of hydrogen-bond donors (Lipinski definition) is 1. The highest BCUT2D eigenvalue weighted by atomic mass is 16.5. The average Bonchev–Trinajstić information content (AvgIpc) is 2.76.